The number of nitrogens with zero attached hydrogens (tertiary/aromatic N) is 4. The molecule has 1 unspecified atom stereocenters. The maximum absolute atomic E-state index is 13.6. The molecule has 0 N–H and O–H groups in total. The highest BCUT2D eigenvalue weighted by Crippen LogP contribution is 2.34. The van der Waals surface area contributed by atoms with Crippen molar-refractivity contribution < 1.29 is 13.2 Å². The van der Waals surface area contributed by atoms with E-state index >= 15 is 0 Å². The number of rotatable bonds is 5. The number of fused-ring (bicyclic) bond motifs is 1. The van der Waals surface area contributed by atoms with E-state index in [0.29, 0.717) is 17.9 Å². The van der Waals surface area contributed by atoms with Crippen molar-refractivity contribution in [2.75, 3.05) is 32.1 Å². The monoisotopic (exact) mass is 378 g/mol. The third-order valence-electron chi connectivity index (χ3n) is 4.94. The van der Waals surface area contributed by atoms with Crippen LogP contribution in [0.4, 0.5) is 5.69 Å². The minimum absolute atomic E-state index is 0.120. The lowest BCUT2D eigenvalue weighted by atomic mass is 9.99. The average Bonchev–Trinajstić information content (AvgIpc) is 2.88. The van der Waals surface area contributed by atoms with Gasteiger partial charge in [-0.1, -0.05) is 18.2 Å². The summed E-state index contributed by atoms with van der Waals surface area (Å²) >= 11 is 0. The van der Waals surface area contributed by atoms with Gasteiger partial charge in [-0.25, -0.2) is 13.1 Å². The molecule has 0 spiro atoms. The second-order valence-corrected chi connectivity index (χ2v) is 8.70. The van der Waals surface area contributed by atoms with Crippen molar-refractivity contribution in [1.82, 2.24) is 14.7 Å². The Balaban J connectivity index is 2.12. The molecular weight excluding hydrogens is 352 g/mol. The summed E-state index contributed by atoms with van der Waals surface area (Å²) < 4.78 is 35.4. The summed E-state index contributed by atoms with van der Waals surface area (Å²) in [5.74, 6) is 0. The molecule has 0 bridgehead atoms. The molecule has 1 aromatic heterocycles. The quantitative estimate of drug-likeness (QED) is 0.793. The molecule has 1 aliphatic heterocycles. The van der Waals surface area contributed by atoms with Crippen LogP contribution in [0.25, 0.3) is 0 Å². The van der Waals surface area contributed by atoms with Crippen LogP contribution in [0, 0.1) is 13.8 Å². The number of methoxy groups -OCH3 is 1. The molecule has 0 amide bonds. The topological polar surface area (TPSA) is 67.7 Å². The van der Waals surface area contributed by atoms with E-state index in [4.69, 9.17) is 4.74 Å². The van der Waals surface area contributed by atoms with Gasteiger partial charge in [0, 0.05) is 13.2 Å². The van der Waals surface area contributed by atoms with Crippen molar-refractivity contribution in [3.05, 3.63) is 41.2 Å². The normalized spacial score (nSPS) is 17.6. The van der Waals surface area contributed by atoms with E-state index in [0.717, 1.165) is 17.7 Å². The molecule has 26 heavy (non-hydrogen) atoms. The van der Waals surface area contributed by atoms with Gasteiger partial charge in [-0.15, -0.1) is 0 Å². The van der Waals surface area contributed by atoms with Crippen molar-refractivity contribution in [3.63, 3.8) is 0 Å². The molecule has 1 aliphatic rings. The number of hydrogen-bond donors (Lipinski definition) is 0. The smallest absolute Gasteiger partial charge is 0.268 e. The molecule has 8 heteroatoms. The molecular formula is C18H26N4O3S. The summed E-state index contributed by atoms with van der Waals surface area (Å²) in [4.78, 5) is 2.34. The first-order chi connectivity index (χ1) is 12.3. The standard InChI is InChI=1S/C18H26N4O3S/c1-13-18(14(2)21(19-13)12-25-5)26(23,24)22-11-16(20(3)4)10-15-8-6-7-9-17(15)22/h6-9,16H,10-12H2,1-5H3. The summed E-state index contributed by atoms with van der Waals surface area (Å²) in [5.41, 5.74) is 2.88. The van der Waals surface area contributed by atoms with Gasteiger partial charge in [0.15, 0.2) is 0 Å². The molecule has 142 valence electrons. The van der Waals surface area contributed by atoms with Crippen LogP contribution in [0.15, 0.2) is 29.2 Å². The summed E-state index contributed by atoms with van der Waals surface area (Å²) in [6.45, 7) is 4.14. The fourth-order valence-corrected chi connectivity index (χ4v) is 5.44. The Hall–Kier alpha value is -1.90. The lowest BCUT2D eigenvalue weighted by Crippen LogP contribution is -2.48. The van der Waals surface area contributed by atoms with E-state index in [1.165, 1.54) is 4.31 Å². The average molecular weight is 378 g/mol. The lowest BCUT2D eigenvalue weighted by Gasteiger charge is -2.38. The third-order valence-corrected chi connectivity index (χ3v) is 6.97. The molecule has 3 rings (SSSR count). The molecule has 1 aromatic carbocycles. The number of hydrogen-bond acceptors (Lipinski definition) is 5. The van der Waals surface area contributed by atoms with Crippen molar-refractivity contribution in [2.45, 2.75) is 37.9 Å². The number of benzene rings is 1. The highest BCUT2D eigenvalue weighted by atomic mass is 32.2. The second kappa shape index (κ2) is 7.02. The fourth-order valence-electron chi connectivity index (χ4n) is 3.52. The first kappa shape index (κ1) is 18.9. The molecule has 2 aromatic rings. The molecule has 0 aliphatic carbocycles. The number of para-hydroxylation sites is 1. The van der Waals surface area contributed by atoms with Gasteiger partial charge < -0.3 is 9.64 Å². The first-order valence-corrected chi connectivity index (χ1v) is 10.0. The van der Waals surface area contributed by atoms with Crippen LogP contribution >= 0.6 is 0 Å². The van der Waals surface area contributed by atoms with E-state index in [1.54, 1.807) is 25.6 Å². The Morgan fingerprint density at radius 1 is 1.27 bits per heavy atom. The molecule has 0 radical (unpaired) electrons. The van der Waals surface area contributed by atoms with Crippen LogP contribution in [0.2, 0.25) is 0 Å². The Bertz CT molecular complexity index is 905. The van der Waals surface area contributed by atoms with Gasteiger partial charge in [-0.3, -0.25) is 4.31 Å². The van der Waals surface area contributed by atoms with Crippen LogP contribution in [0.1, 0.15) is 17.0 Å². The SMILES string of the molecule is COCn1nc(C)c(S(=O)(=O)N2CC(N(C)C)Cc3ccccc32)c1C. The number of ether oxygens (including phenoxy) is 1. The highest BCUT2D eigenvalue weighted by Gasteiger charge is 2.37. The maximum atomic E-state index is 13.6. The summed E-state index contributed by atoms with van der Waals surface area (Å²) in [7, 11) is 1.80. The predicted octanol–water partition coefficient (Wildman–Crippen LogP) is 1.79. The second-order valence-electron chi connectivity index (χ2n) is 6.90. The van der Waals surface area contributed by atoms with Crippen molar-refractivity contribution in [2.24, 2.45) is 0 Å². The van der Waals surface area contributed by atoms with Gasteiger partial charge in [-0.05, 0) is 46.0 Å². The first-order valence-electron chi connectivity index (χ1n) is 8.57. The zero-order valence-electron chi connectivity index (χ0n) is 15.9. The van der Waals surface area contributed by atoms with Gasteiger partial charge in [0.25, 0.3) is 10.0 Å². The van der Waals surface area contributed by atoms with Crippen LogP contribution in [0.3, 0.4) is 0 Å². The van der Waals surface area contributed by atoms with E-state index < -0.39 is 10.0 Å². The minimum Gasteiger partial charge on any atom is -0.362 e. The van der Waals surface area contributed by atoms with Crippen molar-refractivity contribution >= 4 is 15.7 Å². The number of anilines is 1. The van der Waals surface area contributed by atoms with Crippen LogP contribution < -0.4 is 4.31 Å². The lowest BCUT2D eigenvalue weighted by molar-refractivity contribution is 0.118. The largest absolute Gasteiger partial charge is 0.362 e. The zero-order valence-corrected chi connectivity index (χ0v) is 16.7. The van der Waals surface area contributed by atoms with Crippen LogP contribution in [0.5, 0.6) is 0 Å². The Morgan fingerprint density at radius 2 is 1.96 bits per heavy atom. The summed E-state index contributed by atoms with van der Waals surface area (Å²) in [5, 5.41) is 4.35. The number of aromatic nitrogens is 2. The van der Waals surface area contributed by atoms with Crippen molar-refractivity contribution in [3.8, 4) is 0 Å². The van der Waals surface area contributed by atoms with E-state index in [-0.39, 0.29) is 17.7 Å². The summed E-state index contributed by atoms with van der Waals surface area (Å²) in [6, 6.07) is 7.83. The molecule has 2 heterocycles. The fraction of sp³-hybridized carbons (Fsp3) is 0.500. The minimum atomic E-state index is -3.73. The van der Waals surface area contributed by atoms with Gasteiger partial charge in [0.1, 0.15) is 11.6 Å². The summed E-state index contributed by atoms with van der Waals surface area (Å²) in [6.07, 6.45) is 0.829. The van der Waals surface area contributed by atoms with Gasteiger partial charge in [0.2, 0.25) is 0 Å². The van der Waals surface area contributed by atoms with E-state index in [2.05, 4.69) is 10.00 Å². The highest BCUT2D eigenvalue weighted by molar-refractivity contribution is 7.93. The molecule has 0 saturated carbocycles. The maximum Gasteiger partial charge on any atom is 0.268 e. The number of likely N-dealkylation sites (N-methyl/N-ethyl adjacent to an activating group) is 1. The molecule has 7 nitrogen and oxygen atoms in total. The molecule has 0 saturated heterocycles. The molecule has 1 atom stereocenters. The predicted molar refractivity (Wildman–Crippen MR) is 101 cm³/mol. The Kier molecular flexibility index (Phi) is 5.09. The van der Waals surface area contributed by atoms with E-state index in [1.807, 2.05) is 38.4 Å². The van der Waals surface area contributed by atoms with Crippen LogP contribution in [-0.2, 0) is 27.9 Å². The van der Waals surface area contributed by atoms with Gasteiger partial charge in [0.05, 0.1) is 23.6 Å². The molecule has 0 fully saturated rings. The number of sulfonamides is 1. The van der Waals surface area contributed by atoms with Crippen LogP contribution in [-0.4, -0.2) is 56.9 Å². The Morgan fingerprint density at radius 3 is 2.62 bits per heavy atom. The third kappa shape index (κ3) is 3.13. The Labute approximate surface area is 155 Å². The zero-order chi connectivity index (χ0) is 19.1. The van der Waals surface area contributed by atoms with Gasteiger partial charge in [-0.2, -0.15) is 5.10 Å². The van der Waals surface area contributed by atoms with Gasteiger partial charge >= 0.3 is 0 Å². The van der Waals surface area contributed by atoms with Crippen molar-refractivity contribution in [1.29, 1.82) is 0 Å². The number of aryl methyl sites for hydroxylation is 1. The van der Waals surface area contributed by atoms with E-state index in [9.17, 15) is 8.42 Å².